The van der Waals surface area contributed by atoms with E-state index in [1.54, 1.807) is 0 Å². The maximum absolute atomic E-state index is 12.0. The van der Waals surface area contributed by atoms with Gasteiger partial charge in [-0.05, 0) is 12.8 Å². The minimum Gasteiger partial charge on any atom is -0.376 e. The molecule has 2 heterocycles. The second kappa shape index (κ2) is 5.14. The molecular weight excluding hydrogens is 218 g/mol. The highest BCUT2D eigenvalue weighted by molar-refractivity contribution is 6.18. The minimum atomic E-state index is -0.414. The number of likely N-dealkylation sites (tertiary alicyclic amines) is 1. The molecule has 0 aromatic heterocycles. The number of carbonyl (C=O) groups is 1. The lowest BCUT2D eigenvalue weighted by molar-refractivity contribution is -0.158. The van der Waals surface area contributed by atoms with Crippen LogP contribution in [0, 0.1) is 0 Å². The predicted octanol–water partition coefficient (Wildman–Crippen LogP) is 0.632. The van der Waals surface area contributed by atoms with E-state index >= 15 is 0 Å². The van der Waals surface area contributed by atoms with Crippen molar-refractivity contribution in [2.75, 3.05) is 32.2 Å². The first-order valence-corrected chi connectivity index (χ1v) is 5.92. The van der Waals surface area contributed by atoms with Crippen molar-refractivity contribution < 1.29 is 14.3 Å². The molecular formula is C10H16ClNO3. The van der Waals surface area contributed by atoms with Crippen molar-refractivity contribution in [1.82, 2.24) is 4.90 Å². The highest BCUT2D eigenvalue weighted by Crippen LogP contribution is 2.20. The largest absolute Gasteiger partial charge is 0.376 e. The third kappa shape index (κ3) is 2.44. The van der Waals surface area contributed by atoms with E-state index in [2.05, 4.69) is 0 Å². The Morgan fingerprint density at radius 1 is 1.47 bits per heavy atom. The van der Waals surface area contributed by atoms with Crippen LogP contribution in [0.15, 0.2) is 0 Å². The van der Waals surface area contributed by atoms with Gasteiger partial charge in [-0.25, -0.2) is 0 Å². The van der Waals surface area contributed by atoms with Gasteiger partial charge in [0.15, 0.2) is 6.10 Å². The van der Waals surface area contributed by atoms with Crippen LogP contribution < -0.4 is 0 Å². The second-order valence-corrected chi connectivity index (χ2v) is 4.22. The third-order valence-corrected chi connectivity index (χ3v) is 3.29. The van der Waals surface area contributed by atoms with Crippen molar-refractivity contribution >= 4 is 17.5 Å². The summed E-state index contributed by atoms with van der Waals surface area (Å²) in [7, 11) is 0. The zero-order valence-electron chi connectivity index (χ0n) is 8.65. The molecule has 2 fully saturated rings. The van der Waals surface area contributed by atoms with Gasteiger partial charge in [0, 0.05) is 18.5 Å². The summed E-state index contributed by atoms with van der Waals surface area (Å²) in [5.74, 6) is 0.553. The molecule has 0 radical (unpaired) electrons. The van der Waals surface area contributed by atoms with Gasteiger partial charge < -0.3 is 14.4 Å². The molecule has 2 unspecified atom stereocenters. The van der Waals surface area contributed by atoms with Gasteiger partial charge in [0.1, 0.15) is 0 Å². The van der Waals surface area contributed by atoms with E-state index in [4.69, 9.17) is 21.1 Å². The molecule has 2 rings (SSSR count). The lowest BCUT2D eigenvalue weighted by atomic mass is 10.2. The van der Waals surface area contributed by atoms with Crippen LogP contribution in [0.4, 0.5) is 0 Å². The summed E-state index contributed by atoms with van der Waals surface area (Å²) in [6.45, 7) is 2.28. The first kappa shape index (κ1) is 11.2. The van der Waals surface area contributed by atoms with Gasteiger partial charge in [-0.3, -0.25) is 4.79 Å². The Hall–Kier alpha value is -0.320. The smallest absolute Gasteiger partial charge is 0.254 e. The molecule has 0 saturated carbocycles. The van der Waals surface area contributed by atoms with E-state index in [-0.39, 0.29) is 11.9 Å². The lowest BCUT2D eigenvalue weighted by Gasteiger charge is -2.29. The standard InChI is InChI=1S/C10H16ClNO3/c11-6-8-2-1-3-12(8)10(13)9-7-14-4-5-15-9/h8-9H,1-7H2. The SMILES string of the molecule is O=C(C1COCCO1)N1CCCC1CCl. The molecule has 2 atom stereocenters. The number of nitrogens with zero attached hydrogens (tertiary/aromatic N) is 1. The molecule has 0 aliphatic carbocycles. The summed E-state index contributed by atoms with van der Waals surface area (Å²) in [5.41, 5.74) is 0. The molecule has 15 heavy (non-hydrogen) atoms. The normalized spacial score (nSPS) is 31.9. The fraction of sp³-hybridized carbons (Fsp3) is 0.900. The van der Waals surface area contributed by atoms with Crippen LogP contribution >= 0.6 is 11.6 Å². The Morgan fingerprint density at radius 3 is 3.00 bits per heavy atom. The zero-order chi connectivity index (χ0) is 10.7. The van der Waals surface area contributed by atoms with Crippen LogP contribution in [-0.2, 0) is 14.3 Å². The summed E-state index contributed by atoms with van der Waals surface area (Å²) >= 11 is 5.82. The third-order valence-electron chi connectivity index (χ3n) is 2.93. The lowest BCUT2D eigenvalue weighted by Crippen LogP contribution is -2.47. The van der Waals surface area contributed by atoms with Crippen molar-refractivity contribution in [3.05, 3.63) is 0 Å². The maximum atomic E-state index is 12.0. The number of hydrogen-bond acceptors (Lipinski definition) is 3. The molecule has 1 amide bonds. The van der Waals surface area contributed by atoms with Crippen LogP contribution in [0.1, 0.15) is 12.8 Å². The summed E-state index contributed by atoms with van der Waals surface area (Å²) in [4.78, 5) is 13.9. The number of alkyl halides is 1. The Labute approximate surface area is 94.5 Å². The predicted molar refractivity (Wildman–Crippen MR) is 56.0 cm³/mol. The van der Waals surface area contributed by atoms with E-state index in [1.807, 2.05) is 4.90 Å². The topological polar surface area (TPSA) is 38.8 Å². The molecule has 0 aromatic carbocycles. The van der Waals surface area contributed by atoms with Gasteiger partial charge in [0.2, 0.25) is 0 Å². The van der Waals surface area contributed by atoms with Crippen molar-refractivity contribution in [2.45, 2.75) is 25.0 Å². The molecule has 5 heteroatoms. The summed E-state index contributed by atoms with van der Waals surface area (Å²) in [6.07, 6.45) is 1.63. The Morgan fingerprint density at radius 2 is 2.33 bits per heavy atom. The Kier molecular flexibility index (Phi) is 3.83. The fourth-order valence-electron chi connectivity index (χ4n) is 2.10. The van der Waals surface area contributed by atoms with Crippen molar-refractivity contribution in [3.8, 4) is 0 Å². The van der Waals surface area contributed by atoms with Gasteiger partial charge in [0.25, 0.3) is 5.91 Å². The maximum Gasteiger partial charge on any atom is 0.254 e. The molecule has 0 aromatic rings. The van der Waals surface area contributed by atoms with Crippen molar-refractivity contribution in [1.29, 1.82) is 0 Å². The average molecular weight is 234 g/mol. The zero-order valence-corrected chi connectivity index (χ0v) is 9.41. The van der Waals surface area contributed by atoms with Gasteiger partial charge >= 0.3 is 0 Å². The van der Waals surface area contributed by atoms with Crippen LogP contribution in [0.3, 0.4) is 0 Å². The van der Waals surface area contributed by atoms with Crippen molar-refractivity contribution in [2.24, 2.45) is 0 Å². The Bertz CT molecular complexity index is 231. The van der Waals surface area contributed by atoms with Crippen LogP contribution in [0.25, 0.3) is 0 Å². The molecule has 2 saturated heterocycles. The van der Waals surface area contributed by atoms with Crippen LogP contribution in [-0.4, -0.2) is 55.2 Å². The van der Waals surface area contributed by atoms with Gasteiger partial charge in [-0.1, -0.05) is 0 Å². The first-order chi connectivity index (χ1) is 7.33. The van der Waals surface area contributed by atoms with Gasteiger partial charge in [-0.15, -0.1) is 11.6 Å². The average Bonchev–Trinajstić information content (AvgIpc) is 2.77. The highest BCUT2D eigenvalue weighted by Gasteiger charge is 2.34. The molecule has 2 aliphatic heterocycles. The van der Waals surface area contributed by atoms with E-state index in [0.29, 0.717) is 25.7 Å². The van der Waals surface area contributed by atoms with E-state index in [9.17, 15) is 4.79 Å². The quantitative estimate of drug-likeness (QED) is 0.657. The highest BCUT2D eigenvalue weighted by atomic mass is 35.5. The van der Waals surface area contributed by atoms with Gasteiger partial charge in [-0.2, -0.15) is 0 Å². The number of carbonyl (C=O) groups excluding carboxylic acids is 1. The van der Waals surface area contributed by atoms with E-state index in [0.717, 1.165) is 19.4 Å². The van der Waals surface area contributed by atoms with Gasteiger partial charge in [0.05, 0.1) is 19.8 Å². The van der Waals surface area contributed by atoms with E-state index in [1.165, 1.54) is 0 Å². The summed E-state index contributed by atoms with van der Waals surface area (Å²) < 4.78 is 10.6. The van der Waals surface area contributed by atoms with Crippen LogP contribution in [0.5, 0.6) is 0 Å². The minimum absolute atomic E-state index is 0.0397. The molecule has 86 valence electrons. The summed E-state index contributed by atoms with van der Waals surface area (Å²) in [5, 5.41) is 0. The molecule has 0 bridgehead atoms. The molecule has 0 N–H and O–H groups in total. The number of hydrogen-bond donors (Lipinski definition) is 0. The first-order valence-electron chi connectivity index (χ1n) is 5.38. The molecule has 2 aliphatic rings. The number of halogens is 1. The number of rotatable bonds is 2. The van der Waals surface area contributed by atoms with Crippen LogP contribution in [0.2, 0.25) is 0 Å². The second-order valence-electron chi connectivity index (χ2n) is 3.92. The monoisotopic (exact) mass is 233 g/mol. The number of amides is 1. The Balaban J connectivity index is 1.93. The fourth-order valence-corrected chi connectivity index (χ4v) is 2.42. The van der Waals surface area contributed by atoms with Crippen molar-refractivity contribution in [3.63, 3.8) is 0 Å². The van der Waals surface area contributed by atoms with E-state index < -0.39 is 6.10 Å². The number of ether oxygens (including phenoxy) is 2. The molecule has 4 nitrogen and oxygen atoms in total. The summed E-state index contributed by atoms with van der Waals surface area (Å²) in [6, 6.07) is 0.185. The molecule has 0 spiro atoms.